The fourth-order valence-electron chi connectivity index (χ4n) is 1.07. The normalized spacial score (nSPS) is 10.2. The lowest BCUT2D eigenvalue weighted by Crippen LogP contribution is -2.12. The van der Waals surface area contributed by atoms with Crippen LogP contribution in [-0.4, -0.2) is 26.3 Å². The standard InChI is InChI=1S/C10H14Cl2N2O2/c11-7-6-10(16-4-2-14)8(12)5-9(7)15-3-1-13/h5-6H,1-4,13-14H2. The minimum absolute atomic E-state index is 0.388. The Morgan fingerprint density at radius 2 is 1.25 bits per heavy atom. The summed E-state index contributed by atoms with van der Waals surface area (Å²) in [7, 11) is 0. The highest BCUT2D eigenvalue weighted by atomic mass is 35.5. The van der Waals surface area contributed by atoms with Gasteiger partial charge in [0.25, 0.3) is 0 Å². The molecule has 4 N–H and O–H groups in total. The van der Waals surface area contributed by atoms with E-state index in [0.29, 0.717) is 47.8 Å². The van der Waals surface area contributed by atoms with Crippen molar-refractivity contribution in [2.24, 2.45) is 11.5 Å². The van der Waals surface area contributed by atoms with Gasteiger partial charge in [0.05, 0.1) is 10.0 Å². The minimum Gasteiger partial charge on any atom is -0.491 e. The number of nitrogens with two attached hydrogens (primary N) is 2. The summed E-state index contributed by atoms with van der Waals surface area (Å²) in [4.78, 5) is 0. The Morgan fingerprint density at radius 1 is 0.875 bits per heavy atom. The molecule has 0 radical (unpaired) electrons. The van der Waals surface area contributed by atoms with Crippen LogP contribution in [0.25, 0.3) is 0 Å². The van der Waals surface area contributed by atoms with Gasteiger partial charge in [0.2, 0.25) is 0 Å². The van der Waals surface area contributed by atoms with Gasteiger partial charge in [-0.25, -0.2) is 0 Å². The molecule has 0 bridgehead atoms. The van der Waals surface area contributed by atoms with E-state index in [4.69, 9.17) is 44.1 Å². The molecule has 0 aliphatic rings. The highest BCUT2D eigenvalue weighted by Gasteiger charge is 2.09. The van der Waals surface area contributed by atoms with Gasteiger partial charge in [0.1, 0.15) is 24.7 Å². The molecule has 4 nitrogen and oxygen atoms in total. The van der Waals surface area contributed by atoms with Crippen molar-refractivity contribution in [3.05, 3.63) is 22.2 Å². The second-order valence-corrected chi connectivity index (χ2v) is 3.80. The first-order valence-corrected chi connectivity index (χ1v) is 5.59. The van der Waals surface area contributed by atoms with Gasteiger partial charge < -0.3 is 20.9 Å². The summed E-state index contributed by atoms with van der Waals surface area (Å²) < 4.78 is 10.6. The highest BCUT2D eigenvalue weighted by Crippen LogP contribution is 2.35. The molecule has 1 aromatic rings. The third-order valence-electron chi connectivity index (χ3n) is 1.74. The summed E-state index contributed by atoms with van der Waals surface area (Å²) in [5.41, 5.74) is 10.6. The monoisotopic (exact) mass is 264 g/mol. The quantitative estimate of drug-likeness (QED) is 0.820. The Hall–Kier alpha value is -0.680. The Balaban J connectivity index is 2.79. The second-order valence-electron chi connectivity index (χ2n) is 2.99. The maximum absolute atomic E-state index is 5.98. The molecule has 0 saturated heterocycles. The average molecular weight is 265 g/mol. The lowest BCUT2D eigenvalue weighted by molar-refractivity contribution is 0.319. The zero-order valence-electron chi connectivity index (χ0n) is 8.71. The van der Waals surface area contributed by atoms with E-state index in [-0.39, 0.29) is 0 Å². The predicted octanol–water partition coefficient (Wildman–Crippen LogP) is 1.67. The van der Waals surface area contributed by atoms with E-state index in [1.165, 1.54) is 0 Å². The molecule has 0 spiro atoms. The smallest absolute Gasteiger partial charge is 0.139 e. The van der Waals surface area contributed by atoms with Crippen LogP contribution in [0.1, 0.15) is 0 Å². The van der Waals surface area contributed by atoms with E-state index in [1.807, 2.05) is 0 Å². The van der Waals surface area contributed by atoms with E-state index >= 15 is 0 Å². The minimum atomic E-state index is 0.388. The molecule has 0 aromatic heterocycles. The molecule has 1 rings (SSSR count). The van der Waals surface area contributed by atoms with Gasteiger partial charge in [0, 0.05) is 25.2 Å². The van der Waals surface area contributed by atoms with Crippen molar-refractivity contribution < 1.29 is 9.47 Å². The fourth-order valence-corrected chi connectivity index (χ4v) is 1.49. The molecular weight excluding hydrogens is 251 g/mol. The van der Waals surface area contributed by atoms with Crippen LogP contribution in [-0.2, 0) is 0 Å². The molecule has 0 aliphatic heterocycles. The number of ether oxygens (including phenoxy) is 2. The molecule has 0 fully saturated rings. The van der Waals surface area contributed by atoms with Gasteiger partial charge in [-0.3, -0.25) is 0 Å². The van der Waals surface area contributed by atoms with Gasteiger partial charge >= 0.3 is 0 Å². The van der Waals surface area contributed by atoms with Crippen LogP contribution >= 0.6 is 23.2 Å². The predicted molar refractivity (Wildman–Crippen MR) is 65.6 cm³/mol. The molecule has 1 aromatic carbocycles. The maximum atomic E-state index is 5.98. The van der Waals surface area contributed by atoms with Gasteiger partial charge in [-0.1, -0.05) is 23.2 Å². The van der Waals surface area contributed by atoms with Crippen molar-refractivity contribution in [1.82, 2.24) is 0 Å². The summed E-state index contributed by atoms with van der Waals surface area (Å²) in [5, 5.41) is 0.870. The SMILES string of the molecule is NCCOc1cc(Cl)c(OCCN)cc1Cl. The van der Waals surface area contributed by atoms with Crippen LogP contribution in [0.5, 0.6) is 11.5 Å². The van der Waals surface area contributed by atoms with E-state index in [9.17, 15) is 0 Å². The molecule has 0 atom stereocenters. The van der Waals surface area contributed by atoms with Crippen molar-refractivity contribution in [3.8, 4) is 11.5 Å². The molecule has 16 heavy (non-hydrogen) atoms. The number of hydrogen-bond donors (Lipinski definition) is 2. The van der Waals surface area contributed by atoms with Crippen molar-refractivity contribution in [2.45, 2.75) is 0 Å². The fraction of sp³-hybridized carbons (Fsp3) is 0.400. The van der Waals surface area contributed by atoms with E-state index < -0.39 is 0 Å². The van der Waals surface area contributed by atoms with Gasteiger partial charge in [-0.15, -0.1) is 0 Å². The Morgan fingerprint density at radius 3 is 1.56 bits per heavy atom. The maximum Gasteiger partial charge on any atom is 0.139 e. The molecule has 0 unspecified atom stereocenters. The first kappa shape index (κ1) is 13.4. The molecule has 6 heteroatoms. The van der Waals surface area contributed by atoms with Crippen molar-refractivity contribution in [1.29, 1.82) is 0 Å². The Kier molecular flexibility index (Phi) is 5.69. The lowest BCUT2D eigenvalue weighted by Gasteiger charge is -2.11. The van der Waals surface area contributed by atoms with Crippen molar-refractivity contribution >= 4 is 23.2 Å². The first-order valence-electron chi connectivity index (χ1n) is 4.83. The summed E-state index contributed by atoms with van der Waals surface area (Å²) >= 11 is 12.0. The lowest BCUT2D eigenvalue weighted by atomic mass is 10.3. The summed E-state index contributed by atoms with van der Waals surface area (Å²) in [5.74, 6) is 0.995. The summed E-state index contributed by atoms with van der Waals surface area (Å²) in [6, 6.07) is 3.21. The number of hydrogen-bond acceptors (Lipinski definition) is 4. The van der Waals surface area contributed by atoms with Gasteiger partial charge in [-0.2, -0.15) is 0 Å². The van der Waals surface area contributed by atoms with Crippen LogP contribution in [0.4, 0.5) is 0 Å². The third kappa shape index (κ3) is 3.72. The molecule has 0 heterocycles. The number of rotatable bonds is 6. The van der Waals surface area contributed by atoms with Crippen LogP contribution in [0.2, 0.25) is 10.0 Å². The van der Waals surface area contributed by atoms with Crippen LogP contribution in [0, 0.1) is 0 Å². The average Bonchev–Trinajstić information content (AvgIpc) is 2.28. The zero-order valence-corrected chi connectivity index (χ0v) is 10.2. The first-order chi connectivity index (χ1) is 7.69. The molecule has 90 valence electrons. The highest BCUT2D eigenvalue weighted by molar-refractivity contribution is 6.35. The van der Waals surface area contributed by atoms with E-state index in [1.54, 1.807) is 12.1 Å². The number of halogens is 2. The Labute approximate surface area is 104 Å². The molecule has 0 aliphatic carbocycles. The van der Waals surface area contributed by atoms with Crippen molar-refractivity contribution in [2.75, 3.05) is 26.3 Å². The summed E-state index contributed by atoms with van der Waals surface area (Å²) in [6.45, 7) is 1.61. The van der Waals surface area contributed by atoms with E-state index in [2.05, 4.69) is 0 Å². The van der Waals surface area contributed by atoms with Gasteiger partial charge in [-0.05, 0) is 0 Å². The Bertz CT molecular complexity index is 314. The van der Waals surface area contributed by atoms with Gasteiger partial charge in [0.15, 0.2) is 0 Å². The van der Waals surface area contributed by atoms with Crippen molar-refractivity contribution in [3.63, 3.8) is 0 Å². The van der Waals surface area contributed by atoms with Crippen LogP contribution in [0.3, 0.4) is 0 Å². The third-order valence-corrected chi connectivity index (χ3v) is 2.33. The summed E-state index contributed by atoms with van der Waals surface area (Å²) in [6.07, 6.45) is 0. The zero-order chi connectivity index (χ0) is 12.0. The second kappa shape index (κ2) is 6.81. The number of benzene rings is 1. The van der Waals surface area contributed by atoms with E-state index in [0.717, 1.165) is 0 Å². The topological polar surface area (TPSA) is 70.5 Å². The van der Waals surface area contributed by atoms with Crippen LogP contribution in [0.15, 0.2) is 12.1 Å². The van der Waals surface area contributed by atoms with Crippen LogP contribution < -0.4 is 20.9 Å². The molecule has 0 saturated carbocycles. The molecule has 0 amide bonds. The molecular formula is C10H14Cl2N2O2. The largest absolute Gasteiger partial charge is 0.491 e.